The van der Waals surface area contributed by atoms with E-state index in [-0.39, 0.29) is 18.2 Å². The maximum absolute atomic E-state index is 11.3. The van der Waals surface area contributed by atoms with Crippen LogP contribution in [0.15, 0.2) is 48.6 Å². The van der Waals surface area contributed by atoms with Crippen LogP contribution in [0.3, 0.4) is 0 Å². The lowest BCUT2D eigenvalue weighted by Gasteiger charge is -2.37. The monoisotopic (exact) mass is 330 g/mol. The van der Waals surface area contributed by atoms with Crippen molar-refractivity contribution in [3.8, 4) is 0 Å². The van der Waals surface area contributed by atoms with E-state index in [0.717, 1.165) is 5.56 Å². The zero-order chi connectivity index (χ0) is 16.9. The fourth-order valence-electron chi connectivity index (χ4n) is 3.07. The highest BCUT2D eigenvalue weighted by atomic mass is 16.5. The lowest BCUT2D eigenvalue weighted by atomic mass is 9.93. The van der Waals surface area contributed by atoms with Gasteiger partial charge < -0.3 is 19.7 Å². The Hall–Kier alpha value is -1.95. The molecule has 2 aliphatic rings. The second kappa shape index (κ2) is 7.75. The molecule has 2 aliphatic heterocycles. The molecule has 1 fully saturated rings. The molecule has 0 saturated carbocycles. The summed E-state index contributed by atoms with van der Waals surface area (Å²) in [6.45, 7) is 0. The molecule has 5 atom stereocenters. The van der Waals surface area contributed by atoms with Gasteiger partial charge in [0.25, 0.3) is 0 Å². The molecule has 128 valence electrons. The van der Waals surface area contributed by atoms with Gasteiger partial charge in [0.05, 0.1) is 12.2 Å². The van der Waals surface area contributed by atoms with Crippen LogP contribution in [0.5, 0.6) is 0 Å². The summed E-state index contributed by atoms with van der Waals surface area (Å²) in [5.41, 5.74) is 0.997. The maximum Gasteiger partial charge on any atom is 0.330 e. The van der Waals surface area contributed by atoms with E-state index in [1.165, 1.54) is 6.08 Å². The molecule has 24 heavy (non-hydrogen) atoms. The Kier molecular flexibility index (Phi) is 5.45. The molecular weight excluding hydrogens is 308 g/mol. The molecule has 2 heterocycles. The number of aliphatic hydroxyl groups is 2. The molecule has 0 radical (unpaired) electrons. The van der Waals surface area contributed by atoms with Gasteiger partial charge in [-0.15, -0.1) is 0 Å². The third kappa shape index (κ3) is 4.32. The molecule has 5 heteroatoms. The zero-order valence-electron chi connectivity index (χ0n) is 13.3. The van der Waals surface area contributed by atoms with E-state index < -0.39 is 18.3 Å². The molecule has 1 saturated heterocycles. The van der Waals surface area contributed by atoms with Crippen molar-refractivity contribution in [3.05, 3.63) is 54.1 Å². The van der Waals surface area contributed by atoms with Gasteiger partial charge in [0.2, 0.25) is 0 Å². The van der Waals surface area contributed by atoms with Crippen molar-refractivity contribution >= 4 is 12.0 Å². The second-order valence-electron chi connectivity index (χ2n) is 6.22. The standard InChI is InChI=1S/C19H22O5/c20-16-12-15(11-14-7-4-8-18(21)24-14)23-17(19(16)22)10-9-13-5-2-1-3-6-13/h1-6,8-10,14-17,19-20,22H,7,11-12H2/b10-9-/t14-,15-,16+,17-,19+/m1/s1. The number of esters is 1. The molecule has 3 rings (SSSR count). The summed E-state index contributed by atoms with van der Waals surface area (Å²) >= 11 is 0. The summed E-state index contributed by atoms with van der Waals surface area (Å²) in [4.78, 5) is 11.3. The van der Waals surface area contributed by atoms with E-state index in [0.29, 0.717) is 19.3 Å². The van der Waals surface area contributed by atoms with Gasteiger partial charge in [-0.25, -0.2) is 4.79 Å². The number of benzene rings is 1. The first kappa shape index (κ1) is 16.9. The predicted molar refractivity (Wildman–Crippen MR) is 89.0 cm³/mol. The highest BCUT2D eigenvalue weighted by Gasteiger charge is 2.36. The first-order valence-corrected chi connectivity index (χ1v) is 8.24. The first-order valence-electron chi connectivity index (χ1n) is 8.24. The van der Waals surface area contributed by atoms with Gasteiger partial charge in [0, 0.05) is 25.3 Å². The molecule has 0 unspecified atom stereocenters. The summed E-state index contributed by atoms with van der Waals surface area (Å²) in [6.07, 6.45) is 5.41. The molecule has 0 amide bonds. The first-order chi connectivity index (χ1) is 11.6. The average molecular weight is 330 g/mol. The molecule has 0 aliphatic carbocycles. The van der Waals surface area contributed by atoms with Crippen LogP contribution in [0.4, 0.5) is 0 Å². The van der Waals surface area contributed by atoms with Crippen molar-refractivity contribution in [1.29, 1.82) is 0 Å². The summed E-state index contributed by atoms with van der Waals surface area (Å²) in [5.74, 6) is -0.344. The van der Waals surface area contributed by atoms with Crippen LogP contribution in [-0.2, 0) is 14.3 Å². The Morgan fingerprint density at radius 3 is 2.71 bits per heavy atom. The minimum atomic E-state index is -0.963. The maximum atomic E-state index is 11.3. The number of cyclic esters (lactones) is 1. The second-order valence-corrected chi connectivity index (χ2v) is 6.22. The summed E-state index contributed by atoms with van der Waals surface area (Å²) < 4.78 is 11.2. The van der Waals surface area contributed by atoms with Crippen LogP contribution in [0, 0.1) is 0 Å². The van der Waals surface area contributed by atoms with Gasteiger partial charge in [-0.05, 0) is 5.56 Å². The number of rotatable bonds is 4. The number of carbonyl (C=O) groups excluding carboxylic acids is 1. The number of ether oxygens (including phenoxy) is 2. The predicted octanol–water partition coefficient (Wildman–Crippen LogP) is 1.84. The number of carbonyl (C=O) groups is 1. The molecule has 0 spiro atoms. The minimum Gasteiger partial charge on any atom is -0.459 e. The van der Waals surface area contributed by atoms with Crippen molar-refractivity contribution in [3.63, 3.8) is 0 Å². The highest BCUT2D eigenvalue weighted by Crippen LogP contribution is 2.27. The molecule has 2 N–H and O–H groups in total. The smallest absolute Gasteiger partial charge is 0.330 e. The quantitative estimate of drug-likeness (QED) is 0.824. The van der Waals surface area contributed by atoms with Crippen LogP contribution >= 0.6 is 0 Å². The topological polar surface area (TPSA) is 76.0 Å². The molecule has 5 nitrogen and oxygen atoms in total. The van der Waals surface area contributed by atoms with Gasteiger partial charge in [0.1, 0.15) is 18.3 Å². The molecule has 1 aromatic carbocycles. The Labute approximate surface area is 141 Å². The Bertz CT molecular complexity index is 609. The van der Waals surface area contributed by atoms with Gasteiger partial charge in [0.15, 0.2) is 0 Å². The fraction of sp³-hybridized carbons (Fsp3) is 0.421. The van der Waals surface area contributed by atoms with Crippen molar-refractivity contribution in [2.75, 3.05) is 0 Å². The van der Waals surface area contributed by atoms with Gasteiger partial charge in [-0.1, -0.05) is 48.6 Å². The molecule has 0 aromatic heterocycles. The lowest BCUT2D eigenvalue weighted by molar-refractivity contribution is -0.165. The summed E-state index contributed by atoms with van der Waals surface area (Å²) in [5, 5.41) is 20.3. The molecule has 1 aromatic rings. The Balaban J connectivity index is 1.62. The van der Waals surface area contributed by atoms with Crippen molar-refractivity contribution in [2.24, 2.45) is 0 Å². The van der Waals surface area contributed by atoms with E-state index in [4.69, 9.17) is 9.47 Å². The minimum absolute atomic E-state index is 0.242. The fourth-order valence-corrected chi connectivity index (χ4v) is 3.07. The third-order valence-electron chi connectivity index (χ3n) is 4.32. The average Bonchev–Trinajstić information content (AvgIpc) is 2.58. The summed E-state index contributed by atoms with van der Waals surface area (Å²) in [6, 6.07) is 9.70. The van der Waals surface area contributed by atoms with Crippen molar-refractivity contribution < 1.29 is 24.5 Å². The van der Waals surface area contributed by atoms with E-state index in [1.54, 1.807) is 12.2 Å². The van der Waals surface area contributed by atoms with Crippen LogP contribution in [0.1, 0.15) is 24.8 Å². The van der Waals surface area contributed by atoms with Crippen LogP contribution in [0.25, 0.3) is 6.08 Å². The van der Waals surface area contributed by atoms with Crippen molar-refractivity contribution in [1.82, 2.24) is 0 Å². The van der Waals surface area contributed by atoms with Crippen LogP contribution in [0.2, 0.25) is 0 Å². The number of hydrogen-bond acceptors (Lipinski definition) is 5. The third-order valence-corrected chi connectivity index (χ3v) is 4.32. The normalized spacial score (nSPS) is 33.6. The Morgan fingerprint density at radius 1 is 1.17 bits per heavy atom. The van der Waals surface area contributed by atoms with E-state index in [9.17, 15) is 15.0 Å². The Morgan fingerprint density at radius 2 is 1.96 bits per heavy atom. The molecular formula is C19H22O5. The summed E-state index contributed by atoms with van der Waals surface area (Å²) in [7, 11) is 0. The largest absolute Gasteiger partial charge is 0.459 e. The van der Waals surface area contributed by atoms with Crippen LogP contribution < -0.4 is 0 Å². The lowest BCUT2D eigenvalue weighted by Crippen LogP contribution is -2.48. The van der Waals surface area contributed by atoms with Crippen molar-refractivity contribution in [2.45, 2.75) is 49.8 Å². The number of hydrogen-bond donors (Lipinski definition) is 2. The van der Waals surface area contributed by atoms with Gasteiger partial charge in [-0.2, -0.15) is 0 Å². The van der Waals surface area contributed by atoms with E-state index >= 15 is 0 Å². The van der Waals surface area contributed by atoms with E-state index in [2.05, 4.69) is 0 Å². The van der Waals surface area contributed by atoms with Crippen LogP contribution in [-0.4, -0.2) is 46.7 Å². The number of aliphatic hydroxyl groups excluding tert-OH is 2. The van der Waals surface area contributed by atoms with E-state index in [1.807, 2.05) is 36.4 Å². The van der Waals surface area contributed by atoms with Gasteiger partial charge in [-0.3, -0.25) is 0 Å². The zero-order valence-corrected chi connectivity index (χ0v) is 13.3. The highest BCUT2D eigenvalue weighted by molar-refractivity contribution is 5.82. The van der Waals surface area contributed by atoms with Gasteiger partial charge >= 0.3 is 5.97 Å². The SMILES string of the molecule is O=C1C=CC[C@H](C[C@@H]2C[C@H](O)[C@H](O)[C@@H](/C=C\c3ccccc3)O2)O1. The molecule has 0 bridgehead atoms.